The van der Waals surface area contributed by atoms with E-state index in [2.05, 4.69) is 32.3 Å². The van der Waals surface area contributed by atoms with Crippen LogP contribution in [0.2, 0.25) is 0 Å². The lowest BCUT2D eigenvalue weighted by Crippen LogP contribution is -2.34. The first-order chi connectivity index (χ1) is 5.24. The van der Waals surface area contributed by atoms with Gasteiger partial charge in [-0.05, 0) is 19.5 Å². The van der Waals surface area contributed by atoms with Gasteiger partial charge in [0.15, 0.2) is 0 Å². The number of hydrogen-bond donors (Lipinski definition) is 1. The highest BCUT2D eigenvalue weighted by Gasteiger charge is 2.02. The topological polar surface area (TPSA) is 12.0 Å². The zero-order valence-electron chi connectivity index (χ0n) is 7.56. The summed E-state index contributed by atoms with van der Waals surface area (Å²) in [6.07, 6.45) is 2.25. The Morgan fingerprint density at radius 3 is 2.36 bits per heavy atom. The third kappa shape index (κ3) is 4.99. The van der Waals surface area contributed by atoms with Gasteiger partial charge in [-0.1, -0.05) is 18.3 Å². The molecule has 0 aliphatic heterocycles. The summed E-state index contributed by atoms with van der Waals surface area (Å²) in [7, 11) is -0.512. The Morgan fingerprint density at radius 2 is 2.00 bits per heavy atom. The van der Waals surface area contributed by atoms with Gasteiger partial charge < -0.3 is 5.32 Å². The number of rotatable bonds is 6. The van der Waals surface area contributed by atoms with E-state index in [1.165, 1.54) is 6.42 Å². The van der Waals surface area contributed by atoms with Crippen LogP contribution in [0.3, 0.4) is 0 Å². The zero-order chi connectivity index (χ0) is 8.69. The molecule has 0 amide bonds. The van der Waals surface area contributed by atoms with Crippen LogP contribution in [-0.4, -0.2) is 21.0 Å². The van der Waals surface area contributed by atoms with Gasteiger partial charge in [0.25, 0.3) is 0 Å². The molecule has 0 heterocycles. The second-order valence-electron chi connectivity index (χ2n) is 2.67. The summed E-state index contributed by atoms with van der Waals surface area (Å²) in [5.41, 5.74) is 4.04. The summed E-state index contributed by atoms with van der Waals surface area (Å²) >= 11 is 0. The first-order valence-electron chi connectivity index (χ1n) is 4.08. The van der Waals surface area contributed by atoms with Crippen molar-refractivity contribution in [2.45, 2.75) is 26.3 Å². The standard InChI is InChI=1S/C9H18NSi/c1-5-9(4)10-8-11(6-2)7-3/h6-7,9-10H,2-3,5,8H2,1,4H3. The van der Waals surface area contributed by atoms with E-state index in [4.69, 9.17) is 0 Å². The van der Waals surface area contributed by atoms with Crippen molar-refractivity contribution in [3.8, 4) is 0 Å². The molecule has 2 heteroatoms. The third-order valence-electron chi connectivity index (χ3n) is 1.79. The lowest BCUT2D eigenvalue weighted by atomic mass is 10.3. The van der Waals surface area contributed by atoms with Gasteiger partial charge in [0.05, 0.1) is 0 Å². The highest BCUT2D eigenvalue weighted by Crippen LogP contribution is 1.89. The Labute approximate surface area is 71.8 Å². The van der Waals surface area contributed by atoms with Crippen LogP contribution in [0, 0.1) is 0 Å². The molecule has 0 rings (SSSR count). The van der Waals surface area contributed by atoms with E-state index >= 15 is 0 Å². The molecule has 0 saturated heterocycles. The van der Waals surface area contributed by atoms with E-state index in [0.717, 1.165) is 6.17 Å². The molecule has 1 radical (unpaired) electrons. The smallest absolute Gasteiger partial charge is 0.117 e. The molecule has 0 aliphatic carbocycles. The van der Waals surface area contributed by atoms with Crippen LogP contribution in [0.4, 0.5) is 0 Å². The molecule has 1 unspecified atom stereocenters. The van der Waals surface area contributed by atoms with Crippen LogP contribution in [0.5, 0.6) is 0 Å². The SMILES string of the molecule is C=C[Si](C=C)CNC(C)CC. The Morgan fingerprint density at radius 1 is 1.45 bits per heavy atom. The largest absolute Gasteiger partial charge is 0.316 e. The van der Waals surface area contributed by atoms with Gasteiger partial charge in [-0.2, -0.15) is 0 Å². The van der Waals surface area contributed by atoms with Gasteiger partial charge in [-0.15, -0.1) is 13.2 Å². The van der Waals surface area contributed by atoms with Gasteiger partial charge in [0.1, 0.15) is 8.80 Å². The van der Waals surface area contributed by atoms with E-state index in [1.54, 1.807) is 0 Å². The predicted molar refractivity (Wildman–Crippen MR) is 53.9 cm³/mol. The molecule has 0 saturated carbocycles. The summed E-state index contributed by atoms with van der Waals surface area (Å²) in [5, 5.41) is 3.44. The van der Waals surface area contributed by atoms with Crippen molar-refractivity contribution in [2.24, 2.45) is 0 Å². The first kappa shape index (κ1) is 10.7. The molecule has 0 fully saturated rings. The quantitative estimate of drug-likeness (QED) is 0.597. The van der Waals surface area contributed by atoms with Gasteiger partial charge in [-0.25, -0.2) is 0 Å². The molecule has 0 aromatic carbocycles. The fourth-order valence-electron chi connectivity index (χ4n) is 0.664. The lowest BCUT2D eigenvalue weighted by molar-refractivity contribution is 0.578. The predicted octanol–water partition coefficient (Wildman–Crippen LogP) is 1.86. The van der Waals surface area contributed by atoms with Gasteiger partial charge in [-0.3, -0.25) is 0 Å². The van der Waals surface area contributed by atoms with Crippen molar-refractivity contribution in [1.82, 2.24) is 5.32 Å². The van der Waals surface area contributed by atoms with Crippen LogP contribution < -0.4 is 5.32 Å². The van der Waals surface area contributed by atoms with E-state index < -0.39 is 8.80 Å². The first-order valence-corrected chi connectivity index (χ1v) is 5.94. The Balaban J connectivity index is 3.49. The highest BCUT2D eigenvalue weighted by molar-refractivity contribution is 6.69. The van der Waals surface area contributed by atoms with E-state index in [9.17, 15) is 0 Å². The maximum atomic E-state index is 3.77. The summed E-state index contributed by atoms with van der Waals surface area (Å²) in [6, 6.07) is 0.620. The summed E-state index contributed by atoms with van der Waals surface area (Å²) in [6.45, 7) is 11.9. The van der Waals surface area contributed by atoms with Gasteiger partial charge in [0.2, 0.25) is 0 Å². The molecule has 0 spiro atoms. The van der Waals surface area contributed by atoms with E-state index in [0.29, 0.717) is 6.04 Å². The summed E-state index contributed by atoms with van der Waals surface area (Å²) in [4.78, 5) is 0. The maximum absolute atomic E-state index is 3.77. The van der Waals surface area contributed by atoms with Crippen molar-refractivity contribution in [3.05, 3.63) is 24.6 Å². The van der Waals surface area contributed by atoms with Crippen molar-refractivity contribution < 1.29 is 0 Å². The van der Waals surface area contributed by atoms with Crippen molar-refractivity contribution in [3.63, 3.8) is 0 Å². The van der Waals surface area contributed by atoms with E-state index in [-0.39, 0.29) is 0 Å². The fourth-order valence-corrected chi connectivity index (χ4v) is 1.70. The molecule has 63 valence electrons. The molecular formula is C9H18NSi. The number of nitrogens with one attached hydrogen (secondary N) is 1. The molecule has 1 atom stereocenters. The molecule has 0 aromatic heterocycles. The highest BCUT2D eigenvalue weighted by atomic mass is 28.3. The molecule has 0 aromatic rings. The van der Waals surface area contributed by atoms with Crippen molar-refractivity contribution in [2.75, 3.05) is 6.17 Å². The van der Waals surface area contributed by atoms with Crippen LogP contribution in [0.15, 0.2) is 24.6 Å². The lowest BCUT2D eigenvalue weighted by Gasteiger charge is -2.12. The summed E-state index contributed by atoms with van der Waals surface area (Å²) < 4.78 is 0. The minimum atomic E-state index is -0.512. The molecule has 0 aliphatic rings. The molecule has 1 nitrogen and oxygen atoms in total. The molecular weight excluding hydrogens is 150 g/mol. The monoisotopic (exact) mass is 168 g/mol. The number of hydrogen-bond acceptors (Lipinski definition) is 1. The van der Waals surface area contributed by atoms with Crippen LogP contribution in [0.25, 0.3) is 0 Å². The minimum absolute atomic E-state index is 0.512. The molecule has 11 heavy (non-hydrogen) atoms. The molecule has 0 bridgehead atoms. The molecule has 1 N–H and O–H groups in total. The van der Waals surface area contributed by atoms with Crippen molar-refractivity contribution >= 4 is 8.80 Å². The van der Waals surface area contributed by atoms with E-state index in [1.807, 2.05) is 11.4 Å². The van der Waals surface area contributed by atoms with Gasteiger partial charge in [0, 0.05) is 6.04 Å². The third-order valence-corrected chi connectivity index (χ3v) is 3.45. The second kappa shape index (κ2) is 6.37. The Bertz CT molecular complexity index is 115. The second-order valence-corrected chi connectivity index (χ2v) is 4.99. The average Bonchev–Trinajstić information content (AvgIpc) is 2.06. The Kier molecular flexibility index (Phi) is 6.17. The normalized spacial score (nSPS) is 13.0. The maximum Gasteiger partial charge on any atom is 0.117 e. The van der Waals surface area contributed by atoms with Crippen molar-refractivity contribution in [1.29, 1.82) is 0 Å². The minimum Gasteiger partial charge on any atom is -0.316 e. The average molecular weight is 168 g/mol. The van der Waals surface area contributed by atoms with Gasteiger partial charge >= 0.3 is 0 Å². The summed E-state index contributed by atoms with van der Waals surface area (Å²) in [5.74, 6) is 0. The Hall–Kier alpha value is -0.343. The van der Waals surface area contributed by atoms with Crippen LogP contribution >= 0.6 is 0 Å². The van der Waals surface area contributed by atoms with Crippen LogP contribution in [0.1, 0.15) is 20.3 Å². The van der Waals surface area contributed by atoms with Crippen LogP contribution in [-0.2, 0) is 0 Å². The fraction of sp³-hybridized carbons (Fsp3) is 0.556. The zero-order valence-corrected chi connectivity index (χ0v) is 8.56.